The molecule has 2 aromatic carbocycles. The van der Waals surface area contributed by atoms with Gasteiger partial charge in [-0.2, -0.15) is 5.26 Å². The molecule has 2 N–H and O–H groups in total. The maximum atomic E-state index is 10.6. The molecule has 132 valence electrons. The quantitative estimate of drug-likeness (QED) is 0.700. The highest BCUT2D eigenvalue weighted by Crippen LogP contribution is 2.24. The lowest BCUT2D eigenvalue weighted by Gasteiger charge is -2.24. The van der Waals surface area contributed by atoms with Gasteiger partial charge in [-0.05, 0) is 30.7 Å². The van der Waals surface area contributed by atoms with Crippen molar-refractivity contribution in [2.45, 2.75) is 38.2 Å². The van der Waals surface area contributed by atoms with Gasteiger partial charge in [0.1, 0.15) is 18.0 Å². The predicted octanol–water partition coefficient (Wildman–Crippen LogP) is 3.99. The highest BCUT2D eigenvalue weighted by Gasteiger charge is 2.22. The van der Waals surface area contributed by atoms with Gasteiger partial charge in [-0.3, -0.25) is 4.72 Å². The van der Waals surface area contributed by atoms with E-state index in [9.17, 15) is 5.11 Å². The van der Waals surface area contributed by atoms with Gasteiger partial charge in [-0.25, -0.2) is 0 Å². The molecule has 0 heterocycles. The molecule has 4 nitrogen and oxygen atoms in total. The second-order valence-corrected chi connectivity index (χ2v) is 7.81. The molecular weight excluding hydrogens is 332 g/mol. The van der Waals surface area contributed by atoms with Crippen molar-refractivity contribution in [1.29, 1.82) is 5.26 Å². The Labute approximate surface area is 154 Å². The average Bonchev–Trinajstić information content (AvgIpc) is 2.60. The minimum Gasteiger partial charge on any atom is -0.489 e. The molecule has 0 aliphatic heterocycles. The van der Waals surface area contributed by atoms with Gasteiger partial charge in [0.2, 0.25) is 0 Å². The summed E-state index contributed by atoms with van der Waals surface area (Å²) < 4.78 is 8.96. The normalized spacial score (nSPS) is 13.3. The summed E-state index contributed by atoms with van der Waals surface area (Å²) in [6.07, 6.45) is 0. The van der Waals surface area contributed by atoms with E-state index in [1.807, 2.05) is 42.5 Å². The minimum atomic E-state index is -0.951. The van der Waals surface area contributed by atoms with E-state index in [0.717, 1.165) is 11.1 Å². The molecule has 0 aromatic heterocycles. The van der Waals surface area contributed by atoms with Crippen LogP contribution in [-0.2, 0) is 12.2 Å². The summed E-state index contributed by atoms with van der Waals surface area (Å²) in [6.45, 7) is 6.80. The van der Waals surface area contributed by atoms with Crippen molar-refractivity contribution >= 4 is 11.9 Å². The second kappa shape index (κ2) is 8.91. The van der Waals surface area contributed by atoms with E-state index in [2.05, 4.69) is 24.6 Å². The number of rotatable bonds is 8. The van der Waals surface area contributed by atoms with Crippen molar-refractivity contribution in [2.24, 2.45) is 0 Å². The predicted molar refractivity (Wildman–Crippen MR) is 102 cm³/mol. The Kier molecular flexibility index (Phi) is 6.89. The maximum absolute atomic E-state index is 10.6. The van der Waals surface area contributed by atoms with Crippen LogP contribution in [0.3, 0.4) is 0 Å². The first-order chi connectivity index (χ1) is 11.9. The van der Waals surface area contributed by atoms with Crippen LogP contribution < -0.4 is 9.46 Å². The molecule has 0 saturated carbocycles. The molecule has 1 unspecified atom stereocenters. The van der Waals surface area contributed by atoms with Gasteiger partial charge in [-0.15, -0.1) is 0 Å². The summed E-state index contributed by atoms with van der Waals surface area (Å²) in [5.41, 5.74) is 1.36. The molecular formula is C20H24N2O2S. The second-order valence-electron chi connectivity index (χ2n) is 6.34. The maximum Gasteiger partial charge on any atom is 0.119 e. The summed E-state index contributed by atoms with van der Waals surface area (Å²) in [5.74, 6) is 0.705. The summed E-state index contributed by atoms with van der Waals surface area (Å²) in [4.78, 5) is 0. The first kappa shape index (κ1) is 19.3. The van der Waals surface area contributed by atoms with Crippen molar-refractivity contribution in [3.05, 3.63) is 65.2 Å². The summed E-state index contributed by atoms with van der Waals surface area (Å²) in [6, 6.07) is 17.0. The van der Waals surface area contributed by atoms with Gasteiger partial charge in [0.05, 0.1) is 11.6 Å². The largest absolute Gasteiger partial charge is 0.489 e. The Morgan fingerprint density at radius 3 is 2.52 bits per heavy atom. The van der Waals surface area contributed by atoms with E-state index in [-0.39, 0.29) is 0 Å². The number of ether oxygens (including phenoxy) is 1. The molecule has 0 saturated heterocycles. The van der Waals surface area contributed by atoms with E-state index >= 15 is 0 Å². The number of nitrogens with one attached hydrogen (secondary N) is 1. The molecule has 0 spiro atoms. The van der Waals surface area contributed by atoms with Crippen LogP contribution in [0.2, 0.25) is 0 Å². The molecule has 2 aromatic rings. The van der Waals surface area contributed by atoms with E-state index in [1.165, 1.54) is 0 Å². The number of hydrogen-bond donors (Lipinski definition) is 2. The molecule has 2 rings (SSSR count). The molecule has 0 aliphatic carbocycles. The van der Waals surface area contributed by atoms with Crippen LogP contribution >= 0.6 is 11.9 Å². The molecule has 0 amide bonds. The summed E-state index contributed by atoms with van der Waals surface area (Å²) in [7, 11) is 0. The lowest BCUT2D eigenvalue weighted by molar-refractivity contribution is 0.0634. The van der Waals surface area contributed by atoms with Gasteiger partial charge >= 0.3 is 0 Å². The fourth-order valence-corrected chi connectivity index (χ4v) is 2.98. The molecule has 1 atom stereocenters. The Hall–Kier alpha value is -2.00. The zero-order valence-electron chi connectivity index (χ0n) is 14.8. The van der Waals surface area contributed by atoms with Crippen molar-refractivity contribution in [1.82, 2.24) is 4.72 Å². The van der Waals surface area contributed by atoms with Crippen LogP contribution in [0, 0.1) is 11.3 Å². The monoisotopic (exact) mass is 356 g/mol. The van der Waals surface area contributed by atoms with Gasteiger partial charge in [0.15, 0.2) is 0 Å². The van der Waals surface area contributed by atoms with Crippen LogP contribution in [0.15, 0.2) is 48.5 Å². The average molecular weight is 356 g/mol. The first-order valence-electron chi connectivity index (χ1n) is 8.24. The Morgan fingerprint density at radius 2 is 1.88 bits per heavy atom. The fraction of sp³-hybridized carbons (Fsp3) is 0.350. The van der Waals surface area contributed by atoms with Crippen molar-refractivity contribution in [3.63, 3.8) is 0 Å². The number of nitrogens with zero attached hydrogens (tertiary/aromatic N) is 1. The number of benzene rings is 2. The zero-order valence-corrected chi connectivity index (χ0v) is 15.6. The van der Waals surface area contributed by atoms with Gasteiger partial charge in [0.25, 0.3) is 0 Å². The van der Waals surface area contributed by atoms with Gasteiger partial charge < -0.3 is 9.84 Å². The van der Waals surface area contributed by atoms with Crippen LogP contribution in [0.4, 0.5) is 0 Å². The van der Waals surface area contributed by atoms with Gasteiger partial charge in [-0.1, -0.05) is 56.1 Å². The smallest absolute Gasteiger partial charge is 0.119 e. The highest BCUT2D eigenvalue weighted by atomic mass is 32.2. The zero-order chi connectivity index (χ0) is 18.3. The van der Waals surface area contributed by atoms with Crippen LogP contribution in [0.5, 0.6) is 5.75 Å². The molecule has 0 radical (unpaired) electrons. The lowest BCUT2D eigenvalue weighted by Crippen LogP contribution is -2.33. The topological polar surface area (TPSA) is 65.3 Å². The Balaban J connectivity index is 1.96. The van der Waals surface area contributed by atoms with Crippen molar-refractivity contribution in [2.75, 3.05) is 6.54 Å². The van der Waals surface area contributed by atoms with E-state index in [0.29, 0.717) is 29.7 Å². The van der Waals surface area contributed by atoms with Crippen molar-refractivity contribution in [3.8, 4) is 11.8 Å². The first-order valence-corrected chi connectivity index (χ1v) is 9.12. The van der Waals surface area contributed by atoms with Crippen LogP contribution in [-0.4, -0.2) is 16.9 Å². The van der Waals surface area contributed by atoms with Crippen LogP contribution in [0.25, 0.3) is 0 Å². The number of nitriles is 1. The summed E-state index contributed by atoms with van der Waals surface area (Å²) in [5, 5.41) is 20.2. The molecule has 0 bridgehead atoms. The third-order valence-corrected chi connectivity index (χ3v) is 4.53. The fourth-order valence-electron chi connectivity index (χ4n) is 2.28. The minimum absolute atomic E-state index is 0.339. The Bertz CT molecular complexity index is 721. The van der Waals surface area contributed by atoms with E-state index < -0.39 is 5.60 Å². The highest BCUT2D eigenvalue weighted by molar-refractivity contribution is 7.97. The SMILES string of the molecule is CC(C)SNCC(C)(O)c1ccc(OCc2ccccc2C#N)cc1. The molecule has 25 heavy (non-hydrogen) atoms. The lowest BCUT2D eigenvalue weighted by atomic mass is 9.96. The molecule has 0 aliphatic rings. The molecule has 0 fully saturated rings. The van der Waals surface area contributed by atoms with Gasteiger partial charge in [0, 0.05) is 17.4 Å². The molecule has 5 heteroatoms. The van der Waals surface area contributed by atoms with Crippen molar-refractivity contribution < 1.29 is 9.84 Å². The standard InChI is InChI=1S/C20H24N2O2S/c1-15(2)25-22-14-20(3,23)18-8-10-19(11-9-18)24-13-17-7-5-4-6-16(17)12-21/h4-11,15,22-23H,13-14H2,1-3H3. The Morgan fingerprint density at radius 1 is 1.20 bits per heavy atom. The number of aliphatic hydroxyl groups is 1. The summed E-state index contributed by atoms with van der Waals surface area (Å²) >= 11 is 1.60. The van der Waals surface area contributed by atoms with E-state index in [1.54, 1.807) is 24.9 Å². The number of hydrogen-bond acceptors (Lipinski definition) is 5. The third kappa shape index (κ3) is 5.79. The van der Waals surface area contributed by atoms with E-state index in [4.69, 9.17) is 10.00 Å². The third-order valence-electron chi connectivity index (χ3n) is 3.74. The van der Waals surface area contributed by atoms with Crippen LogP contribution in [0.1, 0.15) is 37.5 Å².